The summed E-state index contributed by atoms with van der Waals surface area (Å²) in [6, 6.07) is 10.5. The number of unbranched alkanes of at least 4 members (excludes halogenated alkanes) is 5. The molecule has 0 aliphatic carbocycles. The third-order valence-electron chi connectivity index (χ3n) is 4.48. The quantitative estimate of drug-likeness (QED) is 0.607. The van der Waals surface area contributed by atoms with E-state index in [0.717, 1.165) is 17.9 Å². The Morgan fingerprint density at radius 2 is 1.48 bits per heavy atom. The normalized spacial score (nSPS) is 13.0. The zero-order valence-electron chi connectivity index (χ0n) is 15.2. The van der Waals surface area contributed by atoms with E-state index < -0.39 is 0 Å². The van der Waals surface area contributed by atoms with Crippen LogP contribution < -0.4 is 9.80 Å². The van der Waals surface area contributed by atoms with Crippen molar-refractivity contribution < 1.29 is 14.2 Å². The lowest BCUT2D eigenvalue weighted by Crippen LogP contribution is -3.07. The highest BCUT2D eigenvalue weighted by Gasteiger charge is 2.08. The van der Waals surface area contributed by atoms with Gasteiger partial charge in [0.15, 0.2) is 5.76 Å². The van der Waals surface area contributed by atoms with Gasteiger partial charge in [-0.05, 0) is 37.8 Å². The van der Waals surface area contributed by atoms with Crippen LogP contribution in [0.5, 0.6) is 0 Å². The highest BCUT2D eigenvalue weighted by atomic mass is 16.3. The molecule has 1 heterocycles. The van der Waals surface area contributed by atoms with Gasteiger partial charge in [-0.3, -0.25) is 0 Å². The Bertz CT molecular complexity index is 529. The highest BCUT2D eigenvalue weighted by molar-refractivity contribution is 5.77. The van der Waals surface area contributed by atoms with Crippen molar-refractivity contribution in [3.05, 3.63) is 36.1 Å². The molecule has 0 aliphatic rings. The predicted molar refractivity (Wildman–Crippen MR) is 97.1 cm³/mol. The molecule has 0 aliphatic heterocycles. The van der Waals surface area contributed by atoms with E-state index in [1.807, 2.05) is 12.1 Å². The summed E-state index contributed by atoms with van der Waals surface area (Å²) in [5.74, 6) is 1.11. The second-order valence-corrected chi connectivity index (χ2v) is 7.21. The Morgan fingerprint density at radius 3 is 2.17 bits per heavy atom. The van der Waals surface area contributed by atoms with Gasteiger partial charge in [0, 0.05) is 5.39 Å². The molecular formula is C20H34N2O+2. The smallest absolute Gasteiger partial charge is 0.159 e. The number of nitrogens with one attached hydrogen (secondary N) is 2. The van der Waals surface area contributed by atoms with Crippen molar-refractivity contribution >= 4 is 11.0 Å². The number of hydrogen-bond donors (Lipinski definition) is 2. The topological polar surface area (TPSA) is 22.0 Å². The molecular weight excluding hydrogens is 284 g/mol. The molecule has 0 saturated carbocycles. The minimum absolute atomic E-state index is 0.986. The van der Waals surface area contributed by atoms with Crippen LogP contribution in [-0.2, 0) is 6.54 Å². The fourth-order valence-electron chi connectivity index (χ4n) is 3.12. The van der Waals surface area contributed by atoms with Crippen molar-refractivity contribution in [1.29, 1.82) is 0 Å². The number of rotatable bonds is 11. The van der Waals surface area contributed by atoms with Crippen LogP contribution in [0.15, 0.2) is 34.7 Å². The Morgan fingerprint density at radius 1 is 0.826 bits per heavy atom. The Hall–Kier alpha value is -1.32. The summed E-state index contributed by atoms with van der Waals surface area (Å²) in [5, 5.41) is 1.22. The fraction of sp³-hybridized carbons (Fsp3) is 0.600. The summed E-state index contributed by atoms with van der Waals surface area (Å²) in [4.78, 5) is 3.11. The van der Waals surface area contributed by atoms with Gasteiger partial charge in [-0.25, -0.2) is 0 Å². The van der Waals surface area contributed by atoms with Crippen LogP contribution in [-0.4, -0.2) is 34.2 Å². The number of furan rings is 1. The Balaban J connectivity index is 1.55. The molecule has 128 valence electrons. The molecule has 0 bridgehead atoms. The minimum atomic E-state index is 0.986. The molecule has 1 unspecified atom stereocenters. The zero-order chi connectivity index (χ0) is 16.5. The van der Waals surface area contributed by atoms with E-state index in [0.29, 0.717) is 0 Å². The summed E-state index contributed by atoms with van der Waals surface area (Å²) in [6.07, 6.45) is 8.25. The lowest BCUT2D eigenvalue weighted by atomic mass is 10.1. The molecule has 0 saturated heterocycles. The monoisotopic (exact) mass is 318 g/mol. The molecule has 2 rings (SSSR count). The molecule has 0 fully saturated rings. The second-order valence-electron chi connectivity index (χ2n) is 7.21. The number of benzene rings is 1. The number of para-hydroxylation sites is 1. The van der Waals surface area contributed by atoms with Crippen LogP contribution in [0.25, 0.3) is 11.0 Å². The van der Waals surface area contributed by atoms with E-state index >= 15 is 0 Å². The van der Waals surface area contributed by atoms with Crippen molar-refractivity contribution in [2.45, 2.75) is 45.1 Å². The Labute approximate surface area is 141 Å². The SMILES string of the molecule is C[NH+](C)CCCCCCCC[NH+](C)Cc1cc2ccccc2o1. The van der Waals surface area contributed by atoms with Gasteiger partial charge in [0.2, 0.25) is 0 Å². The van der Waals surface area contributed by atoms with Crippen LogP contribution in [0.4, 0.5) is 0 Å². The van der Waals surface area contributed by atoms with Crippen LogP contribution in [0.3, 0.4) is 0 Å². The number of fused-ring (bicyclic) bond motifs is 1. The zero-order valence-corrected chi connectivity index (χ0v) is 15.2. The number of quaternary nitrogens is 2. The third kappa shape index (κ3) is 6.76. The average Bonchev–Trinajstić information content (AvgIpc) is 2.91. The van der Waals surface area contributed by atoms with Gasteiger partial charge >= 0.3 is 0 Å². The van der Waals surface area contributed by atoms with Crippen LogP contribution in [0.2, 0.25) is 0 Å². The molecule has 0 radical (unpaired) electrons. The van der Waals surface area contributed by atoms with Crippen molar-refractivity contribution in [3.63, 3.8) is 0 Å². The van der Waals surface area contributed by atoms with Gasteiger partial charge in [0.25, 0.3) is 0 Å². The first-order chi connectivity index (χ1) is 11.1. The second kappa shape index (κ2) is 9.74. The van der Waals surface area contributed by atoms with E-state index in [4.69, 9.17) is 4.42 Å². The first kappa shape index (κ1) is 18.0. The minimum Gasteiger partial charge on any atom is -0.455 e. The van der Waals surface area contributed by atoms with Crippen LogP contribution >= 0.6 is 0 Å². The molecule has 0 spiro atoms. The van der Waals surface area contributed by atoms with Gasteiger partial charge in [-0.15, -0.1) is 0 Å². The first-order valence-corrected chi connectivity index (χ1v) is 9.23. The van der Waals surface area contributed by atoms with Crippen molar-refractivity contribution in [3.8, 4) is 0 Å². The van der Waals surface area contributed by atoms with Gasteiger partial charge in [0.05, 0.1) is 34.2 Å². The summed E-state index contributed by atoms with van der Waals surface area (Å²) in [6.45, 7) is 3.53. The summed E-state index contributed by atoms with van der Waals surface area (Å²) in [5.41, 5.74) is 1.01. The molecule has 3 heteroatoms. The van der Waals surface area contributed by atoms with Crippen LogP contribution in [0.1, 0.15) is 44.3 Å². The maximum absolute atomic E-state index is 5.91. The molecule has 2 N–H and O–H groups in total. The predicted octanol–water partition coefficient (Wildman–Crippen LogP) is 1.93. The Kier molecular flexibility index (Phi) is 7.63. The molecule has 1 aromatic carbocycles. The van der Waals surface area contributed by atoms with Crippen molar-refractivity contribution in [2.75, 3.05) is 34.2 Å². The largest absolute Gasteiger partial charge is 0.455 e. The summed E-state index contributed by atoms with van der Waals surface area (Å²) in [7, 11) is 6.74. The van der Waals surface area contributed by atoms with Gasteiger partial charge in [0.1, 0.15) is 12.1 Å². The maximum Gasteiger partial charge on any atom is 0.159 e. The molecule has 2 aromatic rings. The lowest BCUT2D eigenvalue weighted by Gasteiger charge is -2.12. The standard InChI is InChI=1S/C20H32N2O/c1-21(2)14-10-6-4-5-7-11-15-22(3)17-19-16-18-12-8-9-13-20(18)23-19/h8-9,12-13,16H,4-7,10-11,14-15,17H2,1-3H3/p+2. The van der Waals surface area contributed by atoms with Crippen molar-refractivity contribution in [1.82, 2.24) is 0 Å². The van der Waals surface area contributed by atoms with Gasteiger partial charge < -0.3 is 14.2 Å². The van der Waals surface area contributed by atoms with Gasteiger partial charge in [-0.1, -0.05) is 31.0 Å². The van der Waals surface area contributed by atoms with E-state index in [9.17, 15) is 0 Å². The maximum atomic E-state index is 5.91. The average molecular weight is 319 g/mol. The summed E-state index contributed by atoms with van der Waals surface area (Å²) >= 11 is 0. The third-order valence-corrected chi connectivity index (χ3v) is 4.48. The van der Waals surface area contributed by atoms with E-state index in [1.54, 1.807) is 9.80 Å². The van der Waals surface area contributed by atoms with E-state index in [1.165, 1.54) is 57.0 Å². The van der Waals surface area contributed by atoms with Crippen LogP contribution in [0, 0.1) is 0 Å². The first-order valence-electron chi connectivity index (χ1n) is 9.23. The van der Waals surface area contributed by atoms with E-state index in [-0.39, 0.29) is 0 Å². The molecule has 3 nitrogen and oxygen atoms in total. The fourth-order valence-corrected chi connectivity index (χ4v) is 3.12. The lowest BCUT2D eigenvalue weighted by molar-refractivity contribution is -0.895. The highest BCUT2D eigenvalue weighted by Crippen LogP contribution is 2.17. The summed E-state index contributed by atoms with van der Waals surface area (Å²) < 4.78 is 5.91. The molecule has 23 heavy (non-hydrogen) atoms. The van der Waals surface area contributed by atoms with Gasteiger partial charge in [-0.2, -0.15) is 0 Å². The molecule has 1 atom stereocenters. The molecule has 1 aromatic heterocycles. The van der Waals surface area contributed by atoms with E-state index in [2.05, 4.69) is 39.3 Å². The molecule has 0 amide bonds. The number of hydrogen-bond acceptors (Lipinski definition) is 1. The van der Waals surface area contributed by atoms with Crippen molar-refractivity contribution in [2.24, 2.45) is 0 Å².